The molecule has 18 heavy (non-hydrogen) atoms. The summed E-state index contributed by atoms with van der Waals surface area (Å²) < 4.78 is 12.8. The minimum atomic E-state index is -0.189. The second kappa shape index (κ2) is 5.78. The summed E-state index contributed by atoms with van der Waals surface area (Å²) >= 11 is 0. The summed E-state index contributed by atoms with van der Waals surface area (Å²) in [7, 11) is 0. The number of rotatable bonds is 4. The molecular formula is C16H18FN. The molecule has 0 aliphatic rings. The first kappa shape index (κ1) is 12.8. The maximum absolute atomic E-state index is 12.8. The van der Waals surface area contributed by atoms with Crippen LogP contribution in [0.15, 0.2) is 48.5 Å². The van der Waals surface area contributed by atoms with E-state index in [9.17, 15) is 4.39 Å². The van der Waals surface area contributed by atoms with Gasteiger partial charge in [-0.1, -0.05) is 36.4 Å². The van der Waals surface area contributed by atoms with E-state index in [0.717, 1.165) is 12.1 Å². The van der Waals surface area contributed by atoms with E-state index in [4.69, 9.17) is 0 Å². The molecule has 0 fully saturated rings. The molecular weight excluding hydrogens is 225 g/mol. The molecule has 94 valence electrons. The van der Waals surface area contributed by atoms with Crippen LogP contribution in [0.4, 0.5) is 4.39 Å². The fourth-order valence-corrected chi connectivity index (χ4v) is 2.06. The average molecular weight is 243 g/mol. The molecule has 0 aromatic heterocycles. The molecule has 0 aliphatic carbocycles. The molecule has 0 bridgehead atoms. The normalized spacial score (nSPS) is 12.4. The van der Waals surface area contributed by atoms with Crippen molar-refractivity contribution in [1.82, 2.24) is 5.32 Å². The van der Waals surface area contributed by atoms with Gasteiger partial charge in [0.1, 0.15) is 5.82 Å². The van der Waals surface area contributed by atoms with Gasteiger partial charge in [-0.05, 0) is 42.7 Å². The highest BCUT2D eigenvalue weighted by Crippen LogP contribution is 2.17. The smallest absolute Gasteiger partial charge is 0.123 e. The zero-order valence-electron chi connectivity index (χ0n) is 10.8. The van der Waals surface area contributed by atoms with Gasteiger partial charge < -0.3 is 5.32 Å². The summed E-state index contributed by atoms with van der Waals surface area (Å²) in [5.41, 5.74) is 3.69. The predicted molar refractivity (Wildman–Crippen MR) is 72.8 cm³/mol. The van der Waals surface area contributed by atoms with Crippen molar-refractivity contribution in [2.24, 2.45) is 0 Å². The molecule has 2 heteroatoms. The van der Waals surface area contributed by atoms with Crippen molar-refractivity contribution in [3.05, 3.63) is 71.0 Å². The summed E-state index contributed by atoms with van der Waals surface area (Å²) in [6.45, 7) is 5.01. The number of hydrogen-bond donors (Lipinski definition) is 1. The Morgan fingerprint density at radius 1 is 1.06 bits per heavy atom. The molecule has 1 N–H and O–H groups in total. The number of nitrogens with one attached hydrogen (secondary N) is 1. The highest BCUT2D eigenvalue weighted by atomic mass is 19.1. The molecule has 0 radical (unpaired) electrons. The van der Waals surface area contributed by atoms with E-state index in [0.29, 0.717) is 0 Å². The Hall–Kier alpha value is -1.67. The highest BCUT2D eigenvalue weighted by molar-refractivity contribution is 5.28. The third-order valence-electron chi connectivity index (χ3n) is 3.18. The molecule has 1 nitrogen and oxygen atoms in total. The Bertz CT molecular complexity index is 505. The van der Waals surface area contributed by atoms with Crippen molar-refractivity contribution in [1.29, 1.82) is 0 Å². The fourth-order valence-electron chi connectivity index (χ4n) is 2.06. The molecule has 2 aromatic rings. The first-order valence-corrected chi connectivity index (χ1v) is 6.20. The van der Waals surface area contributed by atoms with Crippen molar-refractivity contribution in [3.8, 4) is 0 Å². The Kier molecular flexibility index (Phi) is 4.11. The standard InChI is InChI=1S/C16H18FN/c1-12-5-3-4-6-16(12)13(2)18-11-14-7-9-15(17)10-8-14/h3-10,13,18H,11H2,1-2H3/t13-/m0/s1. The number of aryl methyl sites for hydroxylation is 1. The van der Waals surface area contributed by atoms with E-state index in [-0.39, 0.29) is 11.9 Å². The van der Waals surface area contributed by atoms with Crippen LogP contribution in [0.2, 0.25) is 0 Å². The van der Waals surface area contributed by atoms with Gasteiger partial charge in [-0.25, -0.2) is 4.39 Å². The van der Waals surface area contributed by atoms with Gasteiger partial charge in [0.15, 0.2) is 0 Å². The summed E-state index contributed by atoms with van der Waals surface area (Å²) in [5.74, 6) is -0.189. The molecule has 1 atom stereocenters. The van der Waals surface area contributed by atoms with Crippen molar-refractivity contribution in [3.63, 3.8) is 0 Å². The van der Waals surface area contributed by atoms with E-state index in [2.05, 4.69) is 37.4 Å². The lowest BCUT2D eigenvalue weighted by Gasteiger charge is -2.16. The molecule has 0 spiro atoms. The van der Waals surface area contributed by atoms with E-state index in [1.807, 2.05) is 18.2 Å². The van der Waals surface area contributed by atoms with Crippen molar-refractivity contribution >= 4 is 0 Å². The molecule has 0 amide bonds. The summed E-state index contributed by atoms with van der Waals surface area (Å²) in [6, 6.07) is 15.3. The molecule has 2 aromatic carbocycles. The van der Waals surface area contributed by atoms with Crippen molar-refractivity contribution in [2.75, 3.05) is 0 Å². The van der Waals surface area contributed by atoms with Gasteiger partial charge >= 0.3 is 0 Å². The molecule has 2 rings (SSSR count). The van der Waals surface area contributed by atoms with Crippen molar-refractivity contribution in [2.45, 2.75) is 26.4 Å². The van der Waals surface area contributed by atoms with Gasteiger partial charge in [0.05, 0.1) is 0 Å². The Morgan fingerprint density at radius 2 is 1.72 bits per heavy atom. The molecule has 0 aliphatic heterocycles. The SMILES string of the molecule is Cc1ccccc1[C@H](C)NCc1ccc(F)cc1. The molecule has 0 saturated heterocycles. The zero-order valence-corrected chi connectivity index (χ0v) is 10.8. The fraction of sp³-hybridized carbons (Fsp3) is 0.250. The quantitative estimate of drug-likeness (QED) is 0.856. The number of halogens is 1. The van der Waals surface area contributed by atoms with Crippen LogP contribution in [0.1, 0.15) is 29.7 Å². The summed E-state index contributed by atoms with van der Waals surface area (Å²) in [4.78, 5) is 0. The number of benzene rings is 2. The molecule has 0 saturated carbocycles. The maximum atomic E-state index is 12.8. The topological polar surface area (TPSA) is 12.0 Å². The first-order valence-electron chi connectivity index (χ1n) is 6.20. The van der Waals surface area contributed by atoms with Gasteiger partial charge in [0.25, 0.3) is 0 Å². The Labute approximate surface area is 108 Å². The van der Waals surface area contributed by atoms with Crippen LogP contribution in [0.25, 0.3) is 0 Å². The van der Waals surface area contributed by atoms with Crippen LogP contribution in [0, 0.1) is 12.7 Å². The maximum Gasteiger partial charge on any atom is 0.123 e. The summed E-state index contributed by atoms with van der Waals surface area (Å²) in [5, 5.41) is 3.45. The lowest BCUT2D eigenvalue weighted by atomic mass is 10.0. The monoisotopic (exact) mass is 243 g/mol. The van der Waals surface area contributed by atoms with Gasteiger partial charge in [0, 0.05) is 12.6 Å². The largest absolute Gasteiger partial charge is 0.306 e. The molecule has 0 unspecified atom stereocenters. The Morgan fingerprint density at radius 3 is 2.39 bits per heavy atom. The van der Waals surface area contributed by atoms with E-state index >= 15 is 0 Å². The zero-order chi connectivity index (χ0) is 13.0. The number of hydrogen-bond acceptors (Lipinski definition) is 1. The van der Waals surface area contributed by atoms with Gasteiger partial charge in [-0.15, -0.1) is 0 Å². The van der Waals surface area contributed by atoms with Crippen LogP contribution < -0.4 is 5.32 Å². The van der Waals surface area contributed by atoms with Crippen LogP contribution in [0.3, 0.4) is 0 Å². The van der Waals surface area contributed by atoms with Crippen molar-refractivity contribution < 1.29 is 4.39 Å². The minimum absolute atomic E-state index is 0.189. The van der Waals surface area contributed by atoms with Crippen LogP contribution in [0.5, 0.6) is 0 Å². The van der Waals surface area contributed by atoms with Gasteiger partial charge in [0.2, 0.25) is 0 Å². The lowest BCUT2D eigenvalue weighted by Crippen LogP contribution is -2.18. The van der Waals surface area contributed by atoms with Gasteiger partial charge in [-0.3, -0.25) is 0 Å². The Balaban J connectivity index is 1.98. The predicted octanol–water partition coefficient (Wildman–Crippen LogP) is 3.98. The van der Waals surface area contributed by atoms with E-state index in [1.165, 1.54) is 23.3 Å². The third-order valence-corrected chi connectivity index (χ3v) is 3.18. The van der Waals surface area contributed by atoms with Crippen LogP contribution in [-0.2, 0) is 6.54 Å². The molecule has 0 heterocycles. The van der Waals surface area contributed by atoms with Gasteiger partial charge in [-0.2, -0.15) is 0 Å². The third kappa shape index (κ3) is 3.17. The van der Waals surface area contributed by atoms with Crippen LogP contribution >= 0.6 is 0 Å². The van der Waals surface area contributed by atoms with E-state index < -0.39 is 0 Å². The first-order chi connectivity index (χ1) is 8.66. The minimum Gasteiger partial charge on any atom is -0.306 e. The van der Waals surface area contributed by atoms with E-state index in [1.54, 1.807) is 0 Å². The van der Waals surface area contributed by atoms with Crippen LogP contribution in [-0.4, -0.2) is 0 Å². The second-order valence-corrected chi connectivity index (χ2v) is 4.59. The lowest BCUT2D eigenvalue weighted by molar-refractivity contribution is 0.570. The second-order valence-electron chi connectivity index (χ2n) is 4.59. The average Bonchev–Trinajstić information content (AvgIpc) is 2.38. The highest BCUT2D eigenvalue weighted by Gasteiger charge is 2.06. The summed E-state index contributed by atoms with van der Waals surface area (Å²) in [6.07, 6.45) is 0.